The Bertz CT molecular complexity index is 231. The molecule has 2 unspecified atom stereocenters. The van der Waals surface area contributed by atoms with E-state index in [2.05, 4.69) is 0 Å². The lowest BCUT2D eigenvalue weighted by molar-refractivity contribution is 0.145. The van der Waals surface area contributed by atoms with E-state index in [4.69, 9.17) is 5.73 Å². The highest BCUT2D eigenvalue weighted by atomic mass is 32.1. The predicted molar refractivity (Wildman–Crippen MR) is 51.1 cm³/mol. The number of hydrogen-bond donors (Lipinski definition) is 1. The topological polar surface area (TPSA) is 26.0 Å². The van der Waals surface area contributed by atoms with Crippen molar-refractivity contribution < 1.29 is 4.39 Å². The van der Waals surface area contributed by atoms with Crippen molar-refractivity contribution in [3.05, 3.63) is 22.4 Å². The Morgan fingerprint density at radius 3 is 2.83 bits per heavy atom. The lowest BCUT2D eigenvalue weighted by Crippen LogP contribution is -2.32. The second kappa shape index (κ2) is 3.54. The van der Waals surface area contributed by atoms with Gasteiger partial charge in [-0.15, -0.1) is 11.3 Å². The summed E-state index contributed by atoms with van der Waals surface area (Å²) in [6.07, 6.45) is 0.450. The smallest absolute Gasteiger partial charge is 0.127 e. The molecule has 1 aromatic heterocycles. The minimum atomic E-state index is -1.29. The molecule has 3 heteroatoms. The van der Waals surface area contributed by atoms with Crippen molar-refractivity contribution in [1.82, 2.24) is 0 Å². The van der Waals surface area contributed by atoms with Gasteiger partial charge in [0.1, 0.15) is 5.67 Å². The highest BCUT2D eigenvalue weighted by molar-refractivity contribution is 7.10. The van der Waals surface area contributed by atoms with Crippen LogP contribution in [0.3, 0.4) is 0 Å². The molecular weight excluding hydrogens is 173 g/mol. The molecular formula is C9H14FNS. The molecule has 1 aromatic rings. The molecule has 0 aliphatic rings. The highest BCUT2D eigenvalue weighted by Gasteiger charge is 2.30. The van der Waals surface area contributed by atoms with Crippen LogP contribution < -0.4 is 5.73 Å². The van der Waals surface area contributed by atoms with Gasteiger partial charge < -0.3 is 5.73 Å². The third kappa shape index (κ3) is 1.84. The summed E-state index contributed by atoms with van der Waals surface area (Å²) < 4.78 is 13.7. The molecule has 0 aromatic carbocycles. The molecule has 1 rings (SSSR count). The van der Waals surface area contributed by atoms with E-state index in [1.165, 1.54) is 11.3 Å². The number of alkyl halides is 1. The first-order chi connectivity index (χ1) is 5.58. The van der Waals surface area contributed by atoms with E-state index in [-0.39, 0.29) is 0 Å². The lowest BCUT2D eigenvalue weighted by atomic mass is 9.95. The van der Waals surface area contributed by atoms with Gasteiger partial charge in [0, 0.05) is 4.88 Å². The van der Waals surface area contributed by atoms with Crippen molar-refractivity contribution in [2.75, 3.05) is 0 Å². The van der Waals surface area contributed by atoms with Crippen LogP contribution in [0.4, 0.5) is 4.39 Å². The molecule has 1 nitrogen and oxygen atoms in total. The fourth-order valence-electron chi connectivity index (χ4n) is 0.985. The van der Waals surface area contributed by atoms with Crippen LogP contribution >= 0.6 is 11.3 Å². The second-order valence-electron chi connectivity index (χ2n) is 3.12. The molecule has 0 fully saturated rings. The summed E-state index contributed by atoms with van der Waals surface area (Å²) in [6.45, 7) is 3.37. The third-order valence-electron chi connectivity index (χ3n) is 2.19. The molecule has 12 heavy (non-hydrogen) atoms. The van der Waals surface area contributed by atoms with Crippen LogP contribution in [0.25, 0.3) is 0 Å². The molecule has 0 radical (unpaired) electrons. The van der Waals surface area contributed by atoms with E-state index < -0.39 is 11.7 Å². The third-order valence-corrected chi connectivity index (χ3v) is 3.14. The number of thiophene rings is 1. The van der Waals surface area contributed by atoms with Gasteiger partial charge in [-0.3, -0.25) is 0 Å². The maximum atomic E-state index is 13.7. The van der Waals surface area contributed by atoms with Gasteiger partial charge in [0.15, 0.2) is 0 Å². The minimum absolute atomic E-state index is 0.450. The van der Waals surface area contributed by atoms with Crippen LogP contribution in [-0.4, -0.2) is 5.67 Å². The van der Waals surface area contributed by atoms with Crippen LogP contribution in [0.1, 0.15) is 31.2 Å². The maximum Gasteiger partial charge on any atom is 0.127 e. The van der Waals surface area contributed by atoms with Crippen LogP contribution in [0, 0.1) is 0 Å². The molecule has 2 atom stereocenters. The molecule has 68 valence electrons. The fraction of sp³-hybridized carbons (Fsp3) is 0.556. The van der Waals surface area contributed by atoms with Crippen molar-refractivity contribution in [1.29, 1.82) is 0 Å². The van der Waals surface area contributed by atoms with Crippen molar-refractivity contribution in [2.24, 2.45) is 5.73 Å². The molecule has 0 aliphatic heterocycles. The Labute approximate surface area is 76.4 Å². The normalized spacial score (nSPS) is 18.7. The number of hydrogen-bond acceptors (Lipinski definition) is 2. The summed E-state index contributed by atoms with van der Waals surface area (Å²) in [5, 5.41) is 1.92. The molecule has 0 spiro atoms. The van der Waals surface area contributed by atoms with E-state index in [1.807, 2.05) is 24.4 Å². The molecule has 0 aliphatic carbocycles. The van der Waals surface area contributed by atoms with Crippen molar-refractivity contribution >= 4 is 11.3 Å². The summed E-state index contributed by atoms with van der Waals surface area (Å²) >= 11 is 1.51. The Morgan fingerprint density at radius 1 is 1.75 bits per heavy atom. The summed E-state index contributed by atoms with van der Waals surface area (Å²) in [7, 11) is 0. The first kappa shape index (κ1) is 9.68. The lowest BCUT2D eigenvalue weighted by Gasteiger charge is -2.24. The van der Waals surface area contributed by atoms with Crippen molar-refractivity contribution in [2.45, 2.75) is 32.0 Å². The Kier molecular flexibility index (Phi) is 2.85. The Morgan fingerprint density at radius 2 is 2.42 bits per heavy atom. The van der Waals surface area contributed by atoms with E-state index in [1.54, 1.807) is 6.92 Å². The van der Waals surface area contributed by atoms with Crippen LogP contribution in [-0.2, 0) is 0 Å². The standard InChI is InChI=1S/C9H14FNS/c1-3-9(2,10)8(11)7-5-4-6-12-7/h4-6,8H,3,11H2,1-2H3. The van der Waals surface area contributed by atoms with E-state index in [9.17, 15) is 4.39 Å². The molecule has 2 N–H and O–H groups in total. The highest BCUT2D eigenvalue weighted by Crippen LogP contribution is 2.32. The number of nitrogens with two attached hydrogens (primary N) is 1. The van der Waals surface area contributed by atoms with Crippen molar-refractivity contribution in [3.63, 3.8) is 0 Å². The van der Waals surface area contributed by atoms with Crippen LogP contribution in [0.5, 0.6) is 0 Å². The second-order valence-corrected chi connectivity index (χ2v) is 4.10. The molecule has 1 heterocycles. The van der Waals surface area contributed by atoms with Gasteiger partial charge in [0.25, 0.3) is 0 Å². The van der Waals surface area contributed by atoms with Crippen LogP contribution in [0.2, 0.25) is 0 Å². The number of rotatable bonds is 3. The molecule has 0 amide bonds. The van der Waals surface area contributed by atoms with Gasteiger partial charge in [-0.05, 0) is 24.8 Å². The summed E-state index contributed by atoms with van der Waals surface area (Å²) in [5.41, 5.74) is 4.48. The fourth-order valence-corrected chi connectivity index (χ4v) is 1.85. The average molecular weight is 187 g/mol. The summed E-state index contributed by atoms with van der Waals surface area (Å²) in [4.78, 5) is 0.918. The first-order valence-corrected chi connectivity index (χ1v) is 4.94. The molecule has 0 saturated heterocycles. The van der Waals surface area contributed by atoms with Gasteiger partial charge in [0.05, 0.1) is 6.04 Å². The molecule has 0 saturated carbocycles. The molecule has 0 bridgehead atoms. The van der Waals surface area contributed by atoms with Gasteiger partial charge in [-0.25, -0.2) is 4.39 Å². The predicted octanol–water partition coefficient (Wildman–Crippen LogP) is 2.89. The van der Waals surface area contributed by atoms with Gasteiger partial charge in [-0.2, -0.15) is 0 Å². The Balaban J connectivity index is 2.78. The van der Waals surface area contributed by atoms with E-state index in [0.29, 0.717) is 6.42 Å². The summed E-state index contributed by atoms with van der Waals surface area (Å²) in [6, 6.07) is 3.29. The SMILES string of the molecule is CCC(C)(F)C(N)c1cccs1. The maximum absolute atomic E-state index is 13.7. The summed E-state index contributed by atoms with van der Waals surface area (Å²) in [5.74, 6) is 0. The number of halogens is 1. The minimum Gasteiger partial charge on any atom is -0.321 e. The quantitative estimate of drug-likeness (QED) is 0.773. The average Bonchev–Trinajstić information content (AvgIpc) is 2.55. The first-order valence-electron chi connectivity index (χ1n) is 4.06. The zero-order valence-electron chi connectivity index (χ0n) is 7.38. The van der Waals surface area contributed by atoms with E-state index >= 15 is 0 Å². The zero-order chi connectivity index (χ0) is 9.19. The monoisotopic (exact) mass is 187 g/mol. The Hall–Kier alpha value is -0.410. The van der Waals surface area contributed by atoms with Gasteiger partial charge in [0.2, 0.25) is 0 Å². The van der Waals surface area contributed by atoms with Crippen LogP contribution in [0.15, 0.2) is 17.5 Å². The van der Waals surface area contributed by atoms with Crippen molar-refractivity contribution in [3.8, 4) is 0 Å². The zero-order valence-corrected chi connectivity index (χ0v) is 8.20. The van der Waals surface area contributed by atoms with Gasteiger partial charge in [-0.1, -0.05) is 13.0 Å². The van der Waals surface area contributed by atoms with E-state index in [0.717, 1.165) is 4.88 Å². The van der Waals surface area contributed by atoms with Gasteiger partial charge >= 0.3 is 0 Å². The largest absolute Gasteiger partial charge is 0.321 e.